The number of imidazole rings is 1. The Hall–Kier alpha value is -5.20. The van der Waals surface area contributed by atoms with Crippen molar-refractivity contribution in [3.05, 3.63) is 150 Å². The van der Waals surface area contributed by atoms with E-state index in [1.807, 2.05) is 31.3 Å². The SMILES string of the molecule is Cc1c[c-]c(-c2ccc([Si](C)(C)C)cn2)cc1.Cc1ccc2c(n1)oc1c(-c3nc4ccccc4n3-c3c(C(C)C)cc4ccccc4c3C(C)C)[c-]ccc12.[Ir]. The minimum Gasteiger partial charge on any atom is -0.486 e. The van der Waals surface area contributed by atoms with Gasteiger partial charge in [0.25, 0.3) is 0 Å². The van der Waals surface area contributed by atoms with E-state index in [2.05, 4.69) is 172 Å². The number of aryl methyl sites for hydroxylation is 2. The van der Waals surface area contributed by atoms with Gasteiger partial charge in [0.1, 0.15) is 0 Å². The second-order valence-corrected chi connectivity index (χ2v) is 21.6. The molecule has 0 aliphatic carbocycles. The van der Waals surface area contributed by atoms with Crippen LogP contribution in [0, 0.1) is 26.0 Å². The predicted octanol–water partition coefficient (Wildman–Crippen LogP) is 12.9. The molecule has 0 fully saturated rings. The van der Waals surface area contributed by atoms with E-state index in [4.69, 9.17) is 9.40 Å². The minimum atomic E-state index is -1.24. The van der Waals surface area contributed by atoms with Gasteiger partial charge in [-0.25, -0.2) is 4.98 Å². The summed E-state index contributed by atoms with van der Waals surface area (Å²) in [5, 5.41) is 5.98. The van der Waals surface area contributed by atoms with Gasteiger partial charge in [-0.1, -0.05) is 114 Å². The summed E-state index contributed by atoms with van der Waals surface area (Å²) in [7, 11) is -1.24. The normalized spacial score (nSPS) is 11.8. The van der Waals surface area contributed by atoms with Crippen LogP contribution in [0.25, 0.3) is 72.2 Å². The van der Waals surface area contributed by atoms with Crippen molar-refractivity contribution in [1.82, 2.24) is 19.5 Å². The van der Waals surface area contributed by atoms with Crippen molar-refractivity contribution in [2.75, 3.05) is 0 Å². The van der Waals surface area contributed by atoms with Gasteiger partial charge in [-0.3, -0.25) is 4.98 Å². The third-order valence-electron chi connectivity index (χ3n) is 10.6. The van der Waals surface area contributed by atoms with Gasteiger partial charge in [0.15, 0.2) is 0 Å². The smallest absolute Gasteiger partial charge is 0.216 e. The quantitative estimate of drug-likeness (QED) is 0.123. The van der Waals surface area contributed by atoms with Crippen molar-refractivity contribution in [3.8, 4) is 28.3 Å². The number of hydrogen-bond acceptors (Lipinski definition) is 4. The van der Waals surface area contributed by atoms with Crippen molar-refractivity contribution >= 4 is 57.1 Å². The van der Waals surface area contributed by atoms with Gasteiger partial charge in [0.2, 0.25) is 5.71 Å². The summed E-state index contributed by atoms with van der Waals surface area (Å²) in [6.45, 7) is 20.2. The molecular weight excluding hydrogens is 893 g/mol. The molecule has 0 bridgehead atoms. The molecule has 5 aromatic carbocycles. The zero-order chi connectivity index (χ0) is 39.3. The van der Waals surface area contributed by atoms with Crippen LogP contribution < -0.4 is 5.19 Å². The summed E-state index contributed by atoms with van der Waals surface area (Å²) >= 11 is 0. The van der Waals surface area contributed by atoms with Gasteiger partial charge < -0.3 is 14.0 Å². The second kappa shape index (κ2) is 16.0. The van der Waals surface area contributed by atoms with E-state index in [9.17, 15) is 0 Å². The Labute approximate surface area is 350 Å². The Balaban J connectivity index is 0.000000232. The van der Waals surface area contributed by atoms with Crippen LogP contribution in [0.1, 0.15) is 61.9 Å². The summed E-state index contributed by atoms with van der Waals surface area (Å²) in [6.07, 6.45) is 2.02. The molecule has 0 spiro atoms. The Morgan fingerprint density at radius 1 is 0.737 bits per heavy atom. The Bertz CT molecular complexity index is 2860. The molecule has 4 heterocycles. The van der Waals surface area contributed by atoms with Crippen molar-refractivity contribution in [3.63, 3.8) is 0 Å². The fourth-order valence-corrected chi connectivity index (χ4v) is 8.66. The maximum absolute atomic E-state index is 6.44. The van der Waals surface area contributed by atoms with Crippen molar-refractivity contribution in [2.45, 2.75) is 73.0 Å². The molecule has 5 nitrogen and oxygen atoms in total. The maximum atomic E-state index is 6.44. The molecule has 1 radical (unpaired) electrons. The van der Waals surface area contributed by atoms with Crippen LogP contribution >= 0.6 is 0 Å². The zero-order valence-corrected chi connectivity index (χ0v) is 37.5. The fraction of sp³-hybridized carbons (Fsp3) is 0.220. The van der Waals surface area contributed by atoms with Crippen molar-refractivity contribution < 1.29 is 24.5 Å². The van der Waals surface area contributed by atoms with Crippen LogP contribution in [0.4, 0.5) is 0 Å². The topological polar surface area (TPSA) is 56.7 Å². The van der Waals surface area contributed by atoms with Crippen LogP contribution in [-0.4, -0.2) is 27.6 Å². The number of benzene rings is 5. The standard InChI is InChI=1S/C35H30N3O.C15H18NSi.Ir/c1-20(2)28-19-23-11-6-7-12-24(23)31(21(3)4)32(28)38-30-16-9-8-15-29(30)37-34(38)27-14-10-13-25-26-18-17-22(5)36-35(26)39-33(25)27;1-12-5-7-13(8-6-12)15-10-9-14(11-16-15)17(2,3)4;/h6-13,15-21H,1-5H3;5-7,9-11H,1-4H3;/q2*-1;. The van der Waals surface area contributed by atoms with Gasteiger partial charge in [-0.2, -0.15) is 0 Å². The van der Waals surface area contributed by atoms with E-state index in [1.165, 1.54) is 38.3 Å². The van der Waals surface area contributed by atoms with E-state index in [1.54, 1.807) is 0 Å². The monoisotopic (exact) mass is 941 g/mol. The number of nitrogens with zero attached hydrogens (tertiary/aromatic N) is 4. The van der Waals surface area contributed by atoms with Crippen LogP contribution in [0.2, 0.25) is 19.6 Å². The first-order chi connectivity index (χ1) is 26.9. The molecule has 0 atom stereocenters. The Kier molecular flexibility index (Phi) is 11.2. The Morgan fingerprint density at radius 3 is 2.21 bits per heavy atom. The number of aromatic nitrogens is 4. The van der Waals surface area contributed by atoms with Crippen molar-refractivity contribution in [2.24, 2.45) is 0 Å². The van der Waals surface area contributed by atoms with Gasteiger partial charge in [0, 0.05) is 43.1 Å². The number of rotatable bonds is 6. The molecule has 289 valence electrons. The molecule has 0 amide bonds. The van der Waals surface area contributed by atoms with Gasteiger partial charge in [0.05, 0.1) is 30.5 Å². The average Bonchev–Trinajstić information content (AvgIpc) is 3.75. The largest absolute Gasteiger partial charge is 0.486 e. The summed E-state index contributed by atoms with van der Waals surface area (Å²) in [5.74, 6) is 1.45. The second-order valence-electron chi connectivity index (χ2n) is 16.5. The van der Waals surface area contributed by atoms with E-state index in [0.29, 0.717) is 17.5 Å². The molecule has 0 unspecified atom stereocenters. The first-order valence-corrected chi connectivity index (χ1v) is 23.1. The zero-order valence-electron chi connectivity index (χ0n) is 34.2. The molecule has 4 aromatic heterocycles. The number of hydrogen-bond donors (Lipinski definition) is 0. The number of pyridine rings is 2. The van der Waals surface area contributed by atoms with Crippen LogP contribution in [0.5, 0.6) is 0 Å². The number of fused-ring (bicyclic) bond motifs is 5. The number of para-hydroxylation sites is 2. The fourth-order valence-electron chi connectivity index (χ4n) is 7.62. The first kappa shape index (κ1) is 40.0. The third kappa shape index (κ3) is 7.64. The molecule has 0 N–H and O–H groups in total. The summed E-state index contributed by atoms with van der Waals surface area (Å²) < 4.78 is 8.79. The predicted molar refractivity (Wildman–Crippen MR) is 237 cm³/mol. The summed E-state index contributed by atoms with van der Waals surface area (Å²) in [6, 6.07) is 44.9. The van der Waals surface area contributed by atoms with Crippen LogP contribution in [-0.2, 0) is 20.1 Å². The minimum absolute atomic E-state index is 0. The summed E-state index contributed by atoms with van der Waals surface area (Å²) in [4.78, 5) is 14.4. The van der Waals surface area contributed by atoms with Crippen molar-refractivity contribution in [1.29, 1.82) is 0 Å². The van der Waals surface area contributed by atoms with E-state index in [-0.39, 0.29) is 20.1 Å². The van der Waals surface area contributed by atoms with E-state index < -0.39 is 8.07 Å². The molecule has 0 saturated heterocycles. The number of furan rings is 1. The van der Waals surface area contributed by atoms with Gasteiger partial charge in [-0.05, 0) is 81.9 Å². The molecule has 57 heavy (non-hydrogen) atoms. The molecule has 9 rings (SSSR count). The Morgan fingerprint density at radius 2 is 1.51 bits per heavy atom. The molecule has 0 saturated carbocycles. The van der Waals surface area contributed by atoms with Gasteiger partial charge >= 0.3 is 0 Å². The molecular formula is C50H48IrN4OSi-2. The molecule has 7 heteroatoms. The van der Waals surface area contributed by atoms with Crippen LogP contribution in [0.3, 0.4) is 0 Å². The third-order valence-corrected chi connectivity index (χ3v) is 12.6. The van der Waals surface area contributed by atoms with Crippen LogP contribution in [0.15, 0.2) is 120 Å². The molecule has 9 aromatic rings. The van der Waals surface area contributed by atoms with E-state index in [0.717, 1.165) is 55.7 Å². The van der Waals surface area contributed by atoms with E-state index >= 15 is 0 Å². The van der Waals surface area contributed by atoms with Gasteiger partial charge in [-0.15, -0.1) is 53.6 Å². The maximum Gasteiger partial charge on any atom is 0.216 e. The first-order valence-electron chi connectivity index (χ1n) is 19.6. The average molecular weight is 941 g/mol. The molecule has 0 aliphatic heterocycles. The molecule has 0 aliphatic rings. The summed E-state index contributed by atoms with van der Waals surface area (Å²) in [5.41, 5.74) is 12.3.